The summed E-state index contributed by atoms with van der Waals surface area (Å²) in [5.74, 6) is 2.53. The second-order valence-corrected chi connectivity index (χ2v) is 5.97. The number of hydrogen-bond donors (Lipinski definition) is 0. The van der Waals surface area contributed by atoms with E-state index in [1.54, 1.807) is 7.11 Å². The highest BCUT2D eigenvalue weighted by Gasteiger charge is 2.34. The summed E-state index contributed by atoms with van der Waals surface area (Å²) in [5.41, 5.74) is 2.64. The standard InChI is InChI=1S/C18H25NO2.ClH/c1-4-8-19-11-13(5-2)9-15-16-10-14(20-3)6-7-18(16)21-12-17(15)19;/h6-7,9-10,13,17H,4-5,8,11-12H2,1-3H3;1H/t13-,17-;/m0./s1. The summed E-state index contributed by atoms with van der Waals surface area (Å²) in [7, 11) is 1.72. The number of halogens is 1. The fourth-order valence-corrected chi connectivity index (χ4v) is 3.44. The Balaban J connectivity index is 0.00000176. The van der Waals surface area contributed by atoms with E-state index in [0.717, 1.165) is 31.2 Å². The molecule has 0 aromatic heterocycles. The minimum atomic E-state index is 0. The molecule has 3 rings (SSSR count). The molecule has 2 heterocycles. The normalized spacial score (nSPS) is 23.5. The van der Waals surface area contributed by atoms with Crippen LogP contribution in [0.5, 0.6) is 11.5 Å². The molecule has 0 amide bonds. The average Bonchev–Trinajstić information content (AvgIpc) is 2.54. The molecule has 122 valence electrons. The monoisotopic (exact) mass is 323 g/mol. The summed E-state index contributed by atoms with van der Waals surface area (Å²) in [5, 5.41) is 0. The maximum absolute atomic E-state index is 6.00. The van der Waals surface area contributed by atoms with Crippen LogP contribution in [0, 0.1) is 5.92 Å². The van der Waals surface area contributed by atoms with Crippen LogP contribution < -0.4 is 9.47 Å². The highest BCUT2D eigenvalue weighted by atomic mass is 35.5. The highest BCUT2D eigenvalue weighted by Crippen LogP contribution is 2.40. The van der Waals surface area contributed by atoms with Gasteiger partial charge in [0.1, 0.15) is 18.1 Å². The maximum Gasteiger partial charge on any atom is 0.127 e. The molecule has 0 bridgehead atoms. The zero-order valence-electron chi connectivity index (χ0n) is 13.7. The Hall–Kier alpha value is -1.19. The summed E-state index contributed by atoms with van der Waals surface area (Å²) in [6.07, 6.45) is 4.85. The van der Waals surface area contributed by atoms with Gasteiger partial charge < -0.3 is 9.47 Å². The Morgan fingerprint density at radius 1 is 1.32 bits per heavy atom. The van der Waals surface area contributed by atoms with Gasteiger partial charge in [-0.05, 0) is 49.1 Å². The Morgan fingerprint density at radius 2 is 2.14 bits per heavy atom. The Kier molecular flexibility index (Phi) is 5.76. The van der Waals surface area contributed by atoms with E-state index in [0.29, 0.717) is 12.0 Å². The van der Waals surface area contributed by atoms with Gasteiger partial charge in [-0.2, -0.15) is 0 Å². The molecule has 0 N–H and O–H groups in total. The summed E-state index contributed by atoms with van der Waals surface area (Å²) >= 11 is 0. The van der Waals surface area contributed by atoms with Crippen LogP contribution in [0.25, 0.3) is 5.57 Å². The van der Waals surface area contributed by atoms with Gasteiger partial charge in [0.15, 0.2) is 0 Å². The largest absolute Gasteiger partial charge is 0.497 e. The van der Waals surface area contributed by atoms with Crippen molar-refractivity contribution in [3.05, 3.63) is 29.8 Å². The SMILES string of the molecule is CCCN1C[C@@H](CC)C=C2c3cc(OC)ccc3OC[C@@H]21.Cl. The van der Waals surface area contributed by atoms with E-state index < -0.39 is 0 Å². The van der Waals surface area contributed by atoms with E-state index in [2.05, 4.69) is 30.9 Å². The van der Waals surface area contributed by atoms with Crippen molar-refractivity contribution in [3.8, 4) is 11.5 Å². The van der Waals surface area contributed by atoms with Gasteiger partial charge in [-0.25, -0.2) is 0 Å². The van der Waals surface area contributed by atoms with Crippen molar-refractivity contribution < 1.29 is 9.47 Å². The zero-order chi connectivity index (χ0) is 14.8. The van der Waals surface area contributed by atoms with E-state index in [1.807, 2.05) is 12.1 Å². The van der Waals surface area contributed by atoms with Crippen molar-refractivity contribution in [1.82, 2.24) is 4.90 Å². The lowest BCUT2D eigenvalue weighted by atomic mass is 9.86. The molecule has 0 aliphatic carbocycles. The van der Waals surface area contributed by atoms with Gasteiger partial charge >= 0.3 is 0 Å². The molecule has 0 saturated carbocycles. The number of methoxy groups -OCH3 is 1. The summed E-state index contributed by atoms with van der Waals surface area (Å²) < 4.78 is 11.4. The van der Waals surface area contributed by atoms with Gasteiger partial charge in [-0.1, -0.05) is 19.9 Å². The lowest BCUT2D eigenvalue weighted by Crippen LogP contribution is -2.47. The van der Waals surface area contributed by atoms with Gasteiger partial charge in [-0.15, -0.1) is 12.4 Å². The molecular formula is C18H26ClNO2. The first-order valence-corrected chi connectivity index (χ1v) is 8.03. The molecule has 0 spiro atoms. The lowest BCUT2D eigenvalue weighted by Gasteiger charge is -2.42. The predicted octanol–water partition coefficient (Wildman–Crippen LogP) is 4.01. The molecule has 0 radical (unpaired) electrons. The minimum Gasteiger partial charge on any atom is -0.497 e. The van der Waals surface area contributed by atoms with Crippen LogP contribution in [-0.4, -0.2) is 37.7 Å². The average molecular weight is 324 g/mol. The number of rotatable bonds is 4. The van der Waals surface area contributed by atoms with Crippen LogP contribution >= 0.6 is 12.4 Å². The van der Waals surface area contributed by atoms with Gasteiger partial charge in [0.05, 0.1) is 13.2 Å². The van der Waals surface area contributed by atoms with Crippen molar-refractivity contribution in [3.63, 3.8) is 0 Å². The van der Waals surface area contributed by atoms with Crippen molar-refractivity contribution in [2.45, 2.75) is 32.7 Å². The van der Waals surface area contributed by atoms with Crippen LogP contribution in [0.3, 0.4) is 0 Å². The fraction of sp³-hybridized carbons (Fsp3) is 0.556. The topological polar surface area (TPSA) is 21.7 Å². The molecule has 22 heavy (non-hydrogen) atoms. The zero-order valence-corrected chi connectivity index (χ0v) is 14.5. The Labute approximate surface area is 139 Å². The fourth-order valence-electron chi connectivity index (χ4n) is 3.44. The third-order valence-corrected chi connectivity index (χ3v) is 4.61. The molecule has 2 aliphatic heterocycles. The molecule has 0 unspecified atom stereocenters. The number of ether oxygens (including phenoxy) is 2. The van der Waals surface area contributed by atoms with Crippen molar-refractivity contribution in [2.75, 3.05) is 26.8 Å². The smallest absolute Gasteiger partial charge is 0.127 e. The molecule has 0 saturated heterocycles. The van der Waals surface area contributed by atoms with E-state index in [-0.39, 0.29) is 12.4 Å². The maximum atomic E-state index is 6.00. The lowest BCUT2D eigenvalue weighted by molar-refractivity contribution is 0.139. The van der Waals surface area contributed by atoms with Gasteiger partial charge in [-0.3, -0.25) is 4.90 Å². The number of nitrogens with zero attached hydrogens (tertiary/aromatic N) is 1. The molecule has 4 heteroatoms. The third-order valence-electron chi connectivity index (χ3n) is 4.61. The second kappa shape index (κ2) is 7.38. The molecule has 1 aromatic carbocycles. The molecule has 2 aliphatic rings. The number of benzene rings is 1. The van der Waals surface area contributed by atoms with E-state index in [9.17, 15) is 0 Å². The summed E-state index contributed by atoms with van der Waals surface area (Å²) in [4.78, 5) is 2.59. The molecule has 0 fully saturated rings. The molecule has 2 atom stereocenters. The Bertz CT molecular complexity index is 544. The summed E-state index contributed by atoms with van der Waals surface area (Å²) in [6.45, 7) is 7.58. The van der Waals surface area contributed by atoms with Gasteiger partial charge in [0, 0.05) is 12.1 Å². The van der Waals surface area contributed by atoms with E-state index >= 15 is 0 Å². The van der Waals surface area contributed by atoms with Crippen molar-refractivity contribution in [2.24, 2.45) is 5.92 Å². The van der Waals surface area contributed by atoms with Crippen LogP contribution in [0.1, 0.15) is 32.3 Å². The minimum absolute atomic E-state index is 0. The quantitative estimate of drug-likeness (QED) is 0.835. The molecule has 1 aromatic rings. The van der Waals surface area contributed by atoms with Gasteiger partial charge in [0.2, 0.25) is 0 Å². The van der Waals surface area contributed by atoms with Gasteiger partial charge in [0.25, 0.3) is 0 Å². The third kappa shape index (κ3) is 3.11. The van der Waals surface area contributed by atoms with E-state index in [4.69, 9.17) is 9.47 Å². The van der Waals surface area contributed by atoms with Crippen molar-refractivity contribution in [1.29, 1.82) is 0 Å². The second-order valence-electron chi connectivity index (χ2n) is 5.97. The van der Waals surface area contributed by atoms with E-state index in [1.165, 1.54) is 24.0 Å². The summed E-state index contributed by atoms with van der Waals surface area (Å²) in [6, 6.07) is 6.52. The highest BCUT2D eigenvalue weighted by molar-refractivity contribution is 5.85. The molecule has 3 nitrogen and oxygen atoms in total. The number of hydrogen-bond acceptors (Lipinski definition) is 3. The van der Waals surface area contributed by atoms with Crippen LogP contribution in [0.2, 0.25) is 0 Å². The first-order valence-electron chi connectivity index (χ1n) is 8.03. The molecular weight excluding hydrogens is 298 g/mol. The predicted molar refractivity (Wildman–Crippen MR) is 93.1 cm³/mol. The van der Waals surface area contributed by atoms with Crippen LogP contribution in [0.4, 0.5) is 0 Å². The van der Waals surface area contributed by atoms with Crippen molar-refractivity contribution >= 4 is 18.0 Å². The number of fused-ring (bicyclic) bond motifs is 3. The van der Waals surface area contributed by atoms with Crippen LogP contribution in [-0.2, 0) is 0 Å². The first kappa shape index (κ1) is 17.2. The Morgan fingerprint density at radius 3 is 2.82 bits per heavy atom. The van der Waals surface area contributed by atoms with Crippen LogP contribution in [0.15, 0.2) is 24.3 Å². The first-order chi connectivity index (χ1) is 10.3.